The number of nitrogens with one attached hydrogen (secondary N) is 1. The Kier molecular flexibility index (Phi) is 5.05. The van der Waals surface area contributed by atoms with Crippen molar-refractivity contribution in [2.24, 2.45) is 17.6 Å². The van der Waals surface area contributed by atoms with E-state index in [1.165, 1.54) is 6.42 Å². The van der Waals surface area contributed by atoms with Crippen LogP contribution in [0.4, 0.5) is 0 Å². The highest BCUT2D eigenvalue weighted by Crippen LogP contribution is 2.13. The van der Waals surface area contributed by atoms with Gasteiger partial charge in [-0.3, -0.25) is 4.79 Å². The third-order valence-corrected chi connectivity index (χ3v) is 2.85. The van der Waals surface area contributed by atoms with Crippen molar-refractivity contribution in [3.8, 4) is 0 Å². The molecule has 0 saturated carbocycles. The zero-order valence-electron chi connectivity index (χ0n) is 9.66. The minimum absolute atomic E-state index is 0.216. The van der Waals surface area contributed by atoms with Crippen LogP contribution in [-0.2, 0) is 9.53 Å². The van der Waals surface area contributed by atoms with E-state index in [2.05, 4.69) is 5.32 Å². The van der Waals surface area contributed by atoms with Gasteiger partial charge in [-0.05, 0) is 24.7 Å². The first-order valence-electron chi connectivity index (χ1n) is 5.71. The molecule has 1 heterocycles. The van der Waals surface area contributed by atoms with Gasteiger partial charge in [0, 0.05) is 13.2 Å². The van der Waals surface area contributed by atoms with Crippen molar-refractivity contribution in [3.05, 3.63) is 0 Å². The maximum absolute atomic E-state index is 11.1. The van der Waals surface area contributed by atoms with E-state index >= 15 is 0 Å². The predicted octanol–water partition coefficient (Wildman–Crippen LogP) is 0.513. The molecule has 1 rings (SSSR count). The number of carbonyl (C=O) groups excluding carboxylic acids is 1. The third kappa shape index (κ3) is 4.18. The maximum atomic E-state index is 11.1. The summed E-state index contributed by atoms with van der Waals surface area (Å²) < 4.78 is 5.38. The summed E-state index contributed by atoms with van der Waals surface area (Å²) >= 11 is 0. The summed E-state index contributed by atoms with van der Waals surface area (Å²) in [4.78, 5) is 11.1. The highest BCUT2D eigenvalue weighted by molar-refractivity contribution is 5.80. The molecule has 1 aliphatic rings. The highest BCUT2D eigenvalue weighted by Gasteiger charge is 2.21. The fourth-order valence-electron chi connectivity index (χ4n) is 1.93. The van der Waals surface area contributed by atoms with Gasteiger partial charge in [0.1, 0.15) is 0 Å². The van der Waals surface area contributed by atoms with E-state index in [-0.39, 0.29) is 17.9 Å². The third-order valence-electron chi connectivity index (χ3n) is 2.85. The largest absolute Gasteiger partial charge is 0.381 e. The average Bonchev–Trinajstić information content (AvgIpc) is 2.18. The average molecular weight is 214 g/mol. The Balaban J connectivity index is 2.29. The molecule has 4 nitrogen and oxygen atoms in total. The van der Waals surface area contributed by atoms with Gasteiger partial charge < -0.3 is 15.8 Å². The van der Waals surface area contributed by atoms with Gasteiger partial charge in [0.25, 0.3) is 0 Å². The quantitative estimate of drug-likeness (QED) is 0.701. The molecule has 88 valence electrons. The standard InChI is InChI=1S/C11H22N2O2/c1-8(2)10(11(12)14)13-6-9-4-3-5-15-7-9/h8-10,13H,3-7H2,1-2H3,(H2,12,14). The second-order valence-electron chi connectivity index (χ2n) is 4.62. The minimum atomic E-state index is -0.262. The maximum Gasteiger partial charge on any atom is 0.234 e. The summed E-state index contributed by atoms with van der Waals surface area (Å²) in [5, 5.41) is 3.23. The molecule has 1 amide bonds. The van der Waals surface area contributed by atoms with Crippen molar-refractivity contribution < 1.29 is 9.53 Å². The van der Waals surface area contributed by atoms with Gasteiger partial charge in [0.05, 0.1) is 12.6 Å². The lowest BCUT2D eigenvalue weighted by molar-refractivity contribution is -0.121. The number of ether oxygens (including phenoxy) is 1. The van der Waals surface area contributed by atoms with Crippen LogP contribution in [0.25, 0.3) is 0 Å². The summed E-state index contributed by atoms with van der Waals surface area (Å²) in [5.74, 6) is 0.507. The van der Waals surface area contributed by atoms with Crippen LogP contribution in [0.2, 0.25) is 0 Å². The predicted molar refractivity (Wildman–Crippen MR) is 59.4 cm³/mol. The summed E-state index contributed by atoms with van der Waals surface area (Å²) in [6.45, 7) is 6.50. The molecule has 0 spiro atoms. The second-order valence-corrected chi connectivity index (χ2v) is 4.62. The fourth-order valence-corrected chi connectivity index (χ4v) is 1.93. The van der Waals surface area contributed by atoms with E-state index in [4.69, 9.17) is 10.5 Å². The Morgan fingerprint density at radius 3 is 2.80 bits per heavy atom. The molecule has 15 heavy (non-hydrogen) atoms. The molecule has 1 fully saturated rings. The van der Waals surface area contributed by atoms with Crippen LogP contribution >= 0.6 is 0 Å². The minimum Gasteiger partial charge on any atom is -0.381 e. The van der Waals surface area contributed by atoms with Crippen molar-refractivity contribution in [3.63, 3.8) is 0 Å². The number of carbonyl (C=O) groups is 1. The normalized spacial score (nSPS) is 24.1. The van der Waals surface area contributed by atoms with Gasteiger partial charge in [0.2, 0.25) is 5.91 Å². The molecule has 2 atom stereocenters. The SMILES string of the molecule is CC(C)C(NCC1CCCOC1)C(N)=O. The molecular weight excluding hydrogens is 192 g/mol. The molecular formula is C11H22N2O2. The molecule has 1 saturated heterocycles. The van der Waals surface area contributed by atoms with E-state index in [1.54, 1.807) is 0 Å². The summed E-state index contributed by atoms with van der Waals surface area (Å²) in [5.41, 5.74) is 5.32. The van der Waals surface area contributed by atoms with Crippen LogP contribution in [-0.4, -0.2) is 31.7 Å². The zero-order valence-corrected chi connectivity index (χ0v) is 9.66. The fraction of sp³-hybridized carbons (Fsp3) is 0.909. The second kappa shape index (κ2) is 6.08. The smallest absolute Gasteiger partial charge is 0.234 e. The van der Waals surface area contributed by atoms with E-state index in [0.29, 0.717) is 5.92 Å². The van der Waals surface area contributed by atoms with Gasteiger partial charge in [-0.2, -0.15) is 0 Å². The van der Waals surface area contributed by atoms with Gasteiger partial charge in [-0.1, -0.05) is 13.8 Å². The first kappa shape index (κ1) is 12.5. The number of hydrogen-bond donors (Lipinski definition) is 2. The van der Waals surface area contributed by atoms with Gasteiger partial charge in [-0.15, -0.1) is 0 Å². The number of amides is 1. The lowest BCUT2D eigenvalue weighted by atomic mass is 9.99. The molecule has 0 aromatic rings. The number of primary amides is 1. The van der Waals surface area contributed by atoms with Crippen molar-refractivity contribution >= 4 is 5.91 Å². The van der Waals surface area contributed by atoms with E-state index in [1.807, 2.05) is 13.8 Å². The van der Waals surface area contributed by atoms with Gasteiger partial charge >= 0.3 is 0 Å². The number of hydrogen-bond acceptors (Lipinski definition) is 3. The molecule has 1 aliphatic heterocycles. The molecule has 0 aromatic heterocycles. The first-order valence-corrected chi connectivity index (χ1v) is 5.71. The Labute approximate surface area is 91.5 Å². The summed E-state index contributed by atoms with van der Waals surface area (Å²) in [6.07, 6.45) is 2.30. The zero-order chi connectivity index (χ0) is 11.3. The van der Waals surface area contributed by atoms with Crippen LogP contribution in [0, 0.1) is 11.8 Å². The Hall–Kier alpha value is -0.610. The van der Waals surface area contributed by atoms with E-state index in [9.17, 15) is 4.79 Å². The van der Waals surface area contributed by atoms with Crippen molar-refractivity contribution in [1.29, 1.82) is 0 Å². The summed E-state index contributed by atoms with van der Waals surface area (Å²) in [6, 6.07) is -0.216. The molecule has 0 aliphatic carbocycles. The number of rotatable bonds is 5. The summed E-state index contributed by atoms with van der Waals surface area (Å²) in [7, 11) is 0. The van der Waals surface area contributed by atoms with Gasteiger partial charge in [-0.25, -0.2) is 0 Å². The van der Waals surface area contributed by atoms with Crippen molar-refractivity contribution in [2.75, 3.05) is 19.8 Å². The van der Waals surface area contributed by atoms with Crippen LogP contribution in [0.3, 0.4) is 0 Å². The molecule has 0 radical (unpaired) electrons. The molecule has 4 heteroatoms. The Bertz CT molecular complexity index is 201. The van der Waals surface area contributed by atoms with E-state index < -0.39 is 0 Å². The van der Waals surface area contributed by atoms with Crippen LogP contribution < -0.4 is 11.1 Å². The van der Waals surface area contributed by atoms with Gasteiger partial charge in [0.15, 0.2) is 0 Å². The van der Waals surface area contributed by atoms with Crippen LogP contribution in [0.1, 0.15) is 26.7 Å². The molecule has 0 aromatic carbocycles. The topological polar surface area (TPSA) is 64.3 Å². The molecule has 0 bridgehead atoms. The monoisotopic (exact) mass is 214 g/mol. The van der Waals surface area contributed by atoms with Crippen molar-refractivity contribution in [1.82, 2.24) is 5.32 Å². The van der Waals surface area contributed by atoms with Crippen LogP contribution in [0.5, 0.6) is 0 Å². The van der Waals surface area contributed by atoms with E-state index in [0.717, 1.165) is 26.2 Å². The lowest BCUT2D eigenvalue weighted by Gasteiger charge is -2.26. The van der Waals surface area contributed by atoms with Crippen LogP contribution in [0.15, 0.2) is 0 Å². The Morgan fingerprint density at radius 2 is 2.33 bits per heavy atom. The Morgan fingerprint density at radius 1 is 1.60 bits per heavy atom. The van der Waals surface area contributed by atoms with Crippen molar-refractivity contribution in [2.45, 2.75) is 32.7 Å². The highest BCUT2D eigenvalue weighted by atomic mass is 16.5. The molecule has 2 unspecified atom stereocenters. The number of nitrogens with two attached hydrogens (primary N) is 1. The lowest BCUT2D eigenvalue weighted by Crippen LogP contribution is -2.47. The first-order chi connectivity index (χ1) is 7.11. The molecule has 3 N–H and O–H groups in total.